The van der Waals surface area contributed by atoms with Crippen LogP contribution < -0.4 is 10.6 Å². The number of hydrogen-bond acceptors (Lipinski definition) is 3. The Morgan fingerprint density at radius 1 is 1.03 bits per heavy atom. The van der Waals surface area contributed by atoms with E-state index in [1.165, 1.54) is 31.7 Å². The molecule has 6 heteroatoms. The van der Waals surface area contributed by atoms with Gasteiger partial charge in [-0.1, -0.05) is 37.1 Å². The summed E-state index contributed by atoms with van der Waals surface area (Å²) >= 11 is 0. The monoisotopic (exact) mass is 467 g/mol. The van der Waals surface area contributed by atoms with E-state index in [1.54, 1.807) is 19.1 Å². The lowest BCUT2D eigenvalue weighted by molar-refractivity contribution is -0.109. The minimum Gasteiger partial charge on any atom is -0.382 e. The fourth-order valence-corrected chi connectivity index (χ4v) is 4.81. The van der Waals surface area contributed by atoms with Crippen LogP contribution in [0.25, 0.3) is 0 Å². The maximum atomic E-state index is 14.4. The first-order valence-corrected chi connectivity index (χ1v) is 12.5. The van der Waals surface area contributed by atoms with Gasteiger partial charge in [-0.2, -0.15) is 0 Å². The molecule has 1 saturated heterocycles. The van der Waals surface area contributed by atoms with Gasteiger partial charge in [0, 0.05) is 24.3 Å². The van der Waals surface area contributed by atoms with Crippen LogP contribution in [-0.2, 0) is 4.79 Å². The molecular weight excluding hydrogens is 429 g/mol. The largest absolute Gasteiger partial charge is 0.382 e. The lowest BCUT2D eigenvalue weighted by Gasteiger charge is -2.36. The van der Waals surface area contributed by atoms with Crippen LogP contribution in [0.5, 0.6) is 0 Å². The number of amides is 2. The highest BCUT2D eigenvalue weighted by Gasteiger charge is 2.30. The molecule has 34 heavy (non-hydrogen) atoms. The number of benzene rings is 2. The number of likely N-dealkylation sites (tertiary alicyclic amines) is 1. The second-order valence-corrected chi connectivity index (χ2v) is 9.63. The molecular formula is C28H38FN3O2. The Morgan fingerprint density at radius 2 is 1.71 bits per heavy atom. The van der Waals surface area contributed by atoms with Crippen molar-refractivity contribution in [1.82, 2.24) is 10.2 Å². The standard InChI is InChI=1S/C24H29FN2O.C4H9NO/c1-17-7-6-10-21(25)23(17)24(28)27-16-5-4-11-22(27)18-12-14-20(15-13-18)26-19-8-2-3-9-19;1-4(2)5-3-6/h6-7,10,12-15,19,22,26H,2-5,8-9,11,16H2,1H3;3-4H,1-2H3,(H,5,6). The molecule has 0 spiro atoms. The van der Waals surface area contributed by atoms with Gasteiger partial charge >= 0.3 is 0 Å². The first-order chi connectivity index (χ1) is 16.4. The first kappa shape index (κ1) is 25.7. The van der Waals surface area contributed by atoms with Crippen LogP contribution in [0.1, 0.15) is 86.3 Å². The highest BCUT2D eigenvalue weighted by molar-refractivity contribution is 5.96. The topological polar surface area (TPSA) is 61.4 Å². The molecule has 2 aliphatic rings. The smallest absolute Gasteiger partial charge is 0.257 e. The Hall–Kier alpha value is -2.89. The number of carbonyl (C=O) groups is 2. The van der Waals surface area contributed by atoms with Crippen LogP contribution in [0.15, 0.2) is 42.5 Å². The number of hydrogen-bond donors (Lipinski definition) is 2. The average Bonchev–Trinajstić information content (AvgIpc) is 3.33. The Kier molecular flexibility index (Phi) is 9.49. The first-order valence-electron chi connectivity index (χ1n) is 12.5. The predicted octanol–water partition coefficient (Wildman–Crippen LogP) is 6.00. The van der Waals surface area contributed by atoms with Crippen LogP contribution in [0.3, 0.4) is 0 Å². The molecule has 0 radical (unpaired) electrons. The summed E-state index contributed by atoms with van der Waals surface area (Å²) < 4.78 is 14.4. The molecule has 1 heterocycles. The molecule has 0 bridgehead atoms. The number of nitrogens with zero attached hydrogens (tertiary/aromatic N) is 1. The lowest BCUT2D eigenvalue weighted by atomic mass is 9.93. The molecule has 1 saturated carbocycles. The third kappa shape index (κ3) is 6.81. The van der Waals surface area contributed by atoms with Gasteiger partial charge in [0.2, 0.25) is 6.41 Å². The molecule has 5 nitrogen and oxygen atoms in total. The summed E-state index contributed by atoms with van der Waals surface area (Å²) in [6.45, 7) is 6.31. The van der Waals surface area contributed by atoms with Gasteiger partial charge in [-0.3, -0.25) is 9.59 Å². The van der Waals surface area contributed by atoms with E-state index in [1.807, 2.05) is 18.7 Å². The van der Waals surface area contributed by atoms with Crippen LogP contribution in [0, 0.1) is 12.7 Å². The fraction of sp³-hybridized carbons (Fsp3) is 0.500. The van der Waals surface area contributed by atoms with Crippen molar-refractivity contribution in [2.45, 2.75) is 83.8 Å². The van der Waals surface area contributed by atoms with E-state index < -0.39 is 5.82 Å². The van der Waals surface area contributed by atoms with Crippen LogP contribution in [-0.4, -0.2) is 35.8 Å². The zero-order valence-electron chi connectivity index (χ0n) is 20.6. The normalized spacial score (nSPS) is 18.3. The van der Waals surface area contributed by atoms with Crippen molar-refractivity contribution in [2.75, 3.05) is 11.9 Å². The third-order valence-corrected chi connectivity index (χ3v) is 6.62. The van der Waals surface area contributed by atoms with Crippen molar-refractivity contribution >= 4 is 18.0 Å². The van der Waals surface area contributed by atoms with Crippen LogP contribution >= 0.6 is 0 Å². The van der Waals surface area contributed by atoms with Crippen molar-refractivity contribution in [3.63, 3.8) is 0 Å². The number of aryl methyl sites for hydroxylation is 1. The highest BCUT2D eigenvalue weighted by atomic mass is 19.1. The maximum absolute atomic E-state index is 14.4. The van der Waals surface area contributed by atoms with E-state index in [0.717, 1.165) is 30.5 Å². The van der Waals surface area contributed by atoms with Crippen molar-refractivity contribution in [1.29, 1.82) is 0 Å². The molecule has 1 unspecified atom stereocenters. The summed E-state index contributed by atoms with van der Waals surface area (Å²) in [6, 6.07) is 14.2. The van der Waals surface area contributed by atoms with Crippen molar-refractivity contribution < 1.29 is 14.0 Å². The molecule has 2 N–H and O–H groups in total. The summed E-state index contributed by atoms with van der Waals surface area (Å²) in [7, 11) is 0. The highest BCUT2D eigenvalue weighted by Crippen LogP contribution is 2.34. The lowest BCUT2D eigenvalue weighted by Crippen LogP contribution is -2.39. The minimum absolute atomic E-state index is 0.0146. The molecule has 1 aliphatic carbocycles. The Labute approximate surface area is 203 Å². The Morgan fingerprint density at radius 3 is 2.29 bits per heavy atom. The third-order valence-electron chi connectivity index (χ3n) is 6.62. The summed E-state index contributed by atoms with van der Waals surface area (Å²) in [4.78, 5) is 24.6. The maximum Gasteiger partial charge on any atom is 0.257 e. The molecule has 2 aromatic carbocycles. The molecule has 2 fully saturated rings. The SMILES string of the molecule is CC(C)NC=O.Cc1cccc(F)c1C(=O)N1CCCCC1c1ccc(NC2CCCC2)cc1. The Bertz CT molecular complexity index is 919. The number of rotatable bonds is 6. The molecule has 2 amide bonds. The summed E-state index contributed by atoms with van der Waals surface area (Å²) in [5.41, 5.74) is 3.20. The van der Waals surface area contributed by atoms with E-state index in [0.29, 0.717) is 24.6 Å². The van der Waals surface area contributed by atoms with Crippen molar-refractivity contribution in [3.8, 4) is 0 Å². The molecule has 1 aliphatic heterocycles. The number of carbonyl (C=O) groups excluding carboxylic acids is 2. The second kappa shape index (κ2) is 12.5. The van der Waals surface area contributed by atoms with Crippen molar-refractivity contribution in [3.05, 3.63) is 65.0 Å². The molecule has 184 valence electrons. The quantitative estimate of drug-likeness (QED) is 0.513. The zero-order valence-corrected chi connectivity index (χ0v) is 20.6. The van der Waals surface area contributed by atoms with Gasteiger partial charge in [-0.05, 0) is 82.2 Å². The molecule has 1 atom stereocenters. The molecule has 0 aromatic heterocycles. The van der Waals surface area contributed by atoms with Crippen molar-refractivity contribution in [2.24, 2.45) is 0 Å². The van der Waals surface area contributed by atoms with Gasteiger partial charge in [-0.15, -0.1) is 0 Å². The molecule has 2 aromatic rings. The fourth-order valence-electron chi connectivity index (χ4n) is 4.81. The zero-order chi connectivity index (χ0) is 24.5. The summed E-state index contributed by atoms with van der Waals surface area (Å²) in [5.74, 6) is -0.612. The van der Waals surface area contributed by atoms with E-state index in [2.05, 4.69) is 34.9 Å². The number of anilines is 1. The van der Waals surface area contributed by atoms with Crippen LogP contribution in [0.2, 0.25) is 0 Å². The van der Waals surface area contributed by atoms with Gasteiger partial charge in [0.25, 0.3) is 5.91 Å². The van der Waals surface area contributed by atoms with Gasteiger partial charge in [0.05, 0.1) is 11.6 Å². The predicted molar refractivity (Wildman–Crippen MR) is 135 cm³/mol. The molecule has 4 rings (SSSR count). The summed E-state index contributed by atoms with van der Waals surface area (Å²) in [6.07, 6.45) is 8.79. The van der Waals surface area contributed by atoms with E-state index in [4.69, 9.17) is 0 Å². The Balaban J connectivity index is 0.000000481. The minimum atomic E-state index is -0.426. The van der Waals surface area contributed by atoms with Crippen LogP contribution in [0.4, 0.5) is 10.1 Å². The van der Waals surface area contributed by atoms with Gasteiger partial charge in [-0.25, -0.2) is 4.39 Å². The summed E-state index contributed by atoms with van der Waals surface area (Å²) in [5, 5.41) is 6.14. The van der Waals surface area contributed by atoms with Gasteiger partial charge in [0.1, 0.15) is 5.82 Å². The van der Waals surface area contributed by atoms with Gasteiger partial charge in [0.15, 0.2) is 0 Å². The van der Waals surface area contributed by atoms with Gasteiger partial charge < -0.3 is 15.5 Å². The van der Waals surface area contributed by atoms with E-state index in [-0.39, 0.29) is 23.6 Å². The number of halogens is 1. The number of nitrogens with one attached hydrogen (secondary N) is 2. The van der Waals surface area contributed by atoms with E-state index in [9.17, 15) is 14.0 Å². The average molecular weight is 468 g/mol. The van der Waals surface area contributed by atoms with E-state index >= 15 is 0 Å². The number of piperidine rings is 1. The second-order valence-electron chi connectivity index (χ2n) is 9.63.